The van der Waals surface area contributed by atoms with Crippen molar-refractivity contribution in [3.05, 3.63) is 53.0 Å². The van der Waals surface area contributed by atoms with E-state index in [-0.39, 0.29) is 18.3 Å². The Balaban J connectivity index is 1.49. The van der Waals surface area contributed by atoms with Crippen LogP contribution in [-0.4, -0.2) is 22.8 Å². The van der Waals surface area contributed by atoms with Crippen LogP contribution in [0.4, 0.5) is 0 Å². The molecule has 0 unspecified atom stereocenters. The molecule has 150 valence electrons. The third kappa shape index (κ3) is 3.61. The maximum absolute atomic E-state index is 12.5. The number of benzene rings is 1. The molecular weight excluding hydrogens is 376 g/mol. The Morgan fingerprint density at radius 1 is 1.07 bits per heavy atom. The van der Waals surface area contributed by atoms with Crippen LogP contribution in [-0.2, 0) is 11.3 Å². The van der Waals surface area contributed by atoms with Gasteiger partial charge in [0.15, 0.2) is 6.61 Å². The summed E-state index contributed by atoms with van der Waals surface area (Å²) in [4.78, 5) is 12.5. The first kappa shape index (κ1) is 18.8. The lowest BCUT2D eigenvalue weighted by Gasteiger charge is -2.01. The molecule has 0 atom stereocenters. The van der Waals surface area contributed by atoms with Crippen LogP contribution >= 0.6 is 0 Å². The summed E-state index contributed by atoms with van der Waals surface area (Å²) < 4.78 is 27.5. The highest BCUT2D eigenvalue weighted by molar-refractivity contribution is 5.96. The molecule has 0 N–H and O–H groups in total. The average molecular weight is 396 g/mol. The lowest BCUT2D eigenvalue weighted by Crippen LogP contribution is -2.05. The highest BCUT2D eigenvalue weighted by Gasteiger charge is 2.21. The van der Waals surface area contributed by atoms with E-state index < -0.39 is 5.97 Å². The van der Waals surface area contributed by atoms with Gasteiger partial charge in [-0.2, -0.15) is 0 Å². The van der Waals surface area contributed by atoms with Gasteiger partial charge in [0.2, 0.25) is 5.76 Å². The second kappa shape index (κ2) is 7.46. The predicted molar refractivity (Wildman–Crippen MR) is 103 cm³/mol. The monoisotopic (exact) mass is 396 g/mol. The minimum Gasteiger partial charge on any atom is -0.494 e. The highest BCUT2D eigenvalue weighted by atomic mass is 16.6. The minimum atomic E-state index is -0.605. The van der Waals surface area contributed by atoms with Gasteiger partial charge in [-0.15, -0.1) is 10.2 Å². The van der Waals surface area contributed by atoms with Gasteiger partial charge >= 0.3 is 5.97 Å². The molecule has 0 radical (unpaired) electrons. The Morgan fingerprint density at radius 3 is 2.62 bits per heavy atom. The third-order valence-corrected chi connectivity index (χ3v) is 4.47. The highest BCUT2D eigenvalue weighted by Crippen LogP contribution is 2.30. The van der Waals surface area contributed by atoms with Crippen LogP contribution in [0.15, 0.2) is 37.5 Å². The molecule has 29 heavy (non-hydrogen) atoms. The molecule has 0 saturated carbocycles. The fraction of sp³-hybridized carbons (Fsp3) is 0.286. The van der Waals surface area contributed by atoms with Gasteiger partial charge in [0, 0.05) is 10.9 Å². The Kier molecular flexibility index (Phi) is 4.84. The van der Waals surface area contributed by atoms with Crippen molar-refractivity contribution < 1.29 is 27.5 Å². The second-order valence-electron chi connectivity index (χ2n) is 6.55. The van der Waals surface area contributed by atoms with E-state index in [2.05, 4.69) is 10.2 Å². The lowest BCUT2D eigenvalue weighted by atomic mass is 10.1. The van der Waals surface area contributed by atoms with Crippen LogP contribution in [0.1, 0.15) is 40.5 Å². The van der Waals surface area contributed by atoms with E-state index in [4.69, 9.17) is 22.7 Å². The van der Waals surface area contributed by atoms with Crippen molar-refractivity contribution in [2.24, 2.45) is 0 Å². The topological polar surface area (TPSA) is 101 Å². The molecule has 0 fully saturated rings. The zero-order chi connectivity index (χ0) is 20.5. The number of rotatable bonds is 6. The zero-order valence-electron chi connectivity index (χ0n) is 16.6. The number of nitrogens with zero attached hydrogens (tertiary/aromatic N) is 2. The van der Waals surface area contributed by atoms with Gasteiger partial charge in [-0.3, -0.25) is 0 Å². The van der Waals surface area contributed by atoms with Gasteiger partial charge < -0.3 is 22.7 Å². The number of esters is 1. The molecule has 0 aliphatic heterocycles. The second-order valence-corrected chi connectivity index (χ2v) is 6.55. The predicted octanol–water partition coefficient (Wildman–Crippen LogP) is 4.76. The minimum absolute atomic E-state index is 0.134. The number of carbonyl (C=O) groups excluding carboxylic acids is 1. The van der Waals surface area contributed by atoms with Gasteiger partial charge in [-0.1, -0.05) is 0 Å². The van der Waals surface area contributed by atoms with Crippen LogP contribution in [0.25, 0.3) is 22.4 Å². The molecule has 3 heterocycles. The Hall–Kier alpha value is -3.55. The molecule has 0 aliphatic rings. The number of carbonyl (C=O) groups is 1. The van der Waals surface area contributed by atoms with Gasteiger partial charge in [0.05, 0.1) is 12.2 Å². The number of fused-ring (bicyclic) bond motifs is 1. The smallest absolute Gasteiger partial charge is 0.375 e. The number of hydrogen-bond donors (Lipinski definition) is 0. The van der Waals surface area contributed by atoms with Crippen molar-refractivity contribution in [3.63, 3.8) is 0 Å². The summed E-state index contributed by atoms with van der Waals surface area (Å²) in [5.74, 6) is 2.16. The van der Waals surface area contributed by atoms with Gasteiger partial charge in [0.1, 0.15) is 22.9 Å². The molecule has 8 heteroatoms. The largest absolute Gasteiger partial charge is 0.494 e. The molecule has 1 aromatic carbocycles. The van der Waals surface area contributed by atoms with E-state index in [1.54, 1.807) is 19.1 Å². The first-order valence-corrected chi connectivity index (χ1v) is 9.19. The van der Waals surface area contributed by atoms with Gasteiger partial charge in [-0.25, -0.2) is 4.79 Å². The molecule has 4 aromatic rings. The standard InChI is InChI=1S/C21H20N2O6/c1-5-25-14-6-7-17-15(9-14)12(3)19(28-17)21(24)26-10-18-22-23-20(29-18)16-8-11(2)27-13(16)4/h6-9H,5,10H2,1-4H3. The summed E-state index contributed by atoms with van der Waals surface area (Å²) in [5.41, 5.74) is 1.98. The van der Waals surface area contributed by atoms with E-state index in [1.165, 1.54) is 0 Å². The van der Waals surface area contributed by atoms with Crippen molar-refractivity contribution in [3.8, 4) is 17.2 Å². The zero-order valence-corrected chi connectivity index (χ0v) is 16.6. The van der Waals surface area contributed by atoms with E-state index in [0.717, 1.165) is 11.1 Å². The summed E-state index contributed by atoms with van der Waals surface area (Å²) in [7, 11) is 0. The fourth-order valence-corrected chi connectivity index (χ4v) is 3.11. The van der Waals surface area contributed by atoms with E-state index in [1.807, 2.05) is 32.9 Å². The summed E-state index contributed by atoms with van der Waals surface area (Å²) in [6.45, 7) is 7.75. The third-order valence-electron chi connectivity index (χ3n) is 4.47. The molecule has 0 saturated heterocycles. The van der Waals surface area contributed by atoms with E-state index >= 15 is 0 Å². The number of aromatic nitrogens is 2. The number of furan rings is 2. The summed E-state index contributed by atoms with van der Waals surface area (Å²) in [6.07, 6.45) is 0. The normalized spacial score (nSPS) is 11.2. The fourth-order valence-electron chi connectivity index (χ4n) is 3.11. The van der Waals surface area contributed by atoms with Crippen molar-refractivity contribution in [1.82, 2.24) is 10.2 Å². The Morgan fingerprint density at radius 2 is 1.90 bits per heavy atom. The molecular formula is C21H20N2O6. The maximum Gasteiger partial charge on any atom is 0.375 e. The van der Waals surface area contributed by atoms with Crippen molar-refractivity contribution in [2.45, 2.75) is 34.3 Å². The molecule has 3 aromatic heterocycles. The Labute approximate surface area is 166 Å². The summed E-state index contributed by atoms with van der Waals surface area (Å²) in [6, 6.07) is 7.22. The lowest BCUT2D eigenvalue weighted by molar-refractivity contribution is 0.0404. The molecule has 0 amide bonds. The molecule has 0 spiro atoms. The average Bonchev–Trinajstić information content (AvgIpc) is 3.38. The van der Waals surface area contributed by atoms with Gasteiger partial charge in [-0.05, 0) is 52.0 Å². The van der Waals surface area contributed by atoms with Crippen LogP contribution < -0.4 is 4.74 Å². The van der Waals surface area contributed by atoms with Crippen molar-refractivity contribution in [1.29, 1.82) is 0 Å². The van der Waals surface area contributed by atoms with Crippen LogP contribution in [0.3, 0.4) is 0 Å². The van der Waals surface area contributed by atoms with Gasteiger partial charge in [0.25, 0.3) is 11.8 Å². The van der Waals surface area contributed by atoms with Crippen molar-refractivity contribution in [2.75, 3.05) is 6.61 Å². The SMILES string of the molecule is CCOc1ccc2oc(C(=O)OCc3nnc(-c4cc(C)oc4C)o3)c(C)c2c1. The van der Waals surface area contributed by atoms with Crippen molar-refractivity contribution >= 4 is 16.9 Å². The summed E-state index contributed by atoms with van der Waals surface area (Å²) in [5, 5.41) is 8.71. The first-order valence-electron chi connectivity index (χ1n) is 9.19. The Bertz CT molecular complexity index is 1180. The summed E-state index contributed by atoms with van der Waals surface area (Å²) >= 11 is 0. The number of ether oxygens (including phenoxy) is 2. The quantitative estimate of drug-likeness (QED) is 0.430. The molecule has 0 aliphatic carbocycles. The molecule has 4 rings (SSSR count). The first-order chi connectivity index (χ1) is 14.0. The number of hydrogen-bond acceptors (Lipinski definition) is 8. The molecule has 8 nitrogen and oxygen atoms in total. The maximum atomic E-state index is 12.5. The molecule has 0 bridgehead atoms. The number of aryl methyl sites for hydroxylation is 3. The van der Waals surface area contributed by atoms with Crippen LogP contribution in [0.2, 0.25) is 0 Å². The van der Waals surface area contributed by atoms with E-state index in [9.17, 15) is 4.79 Å². The van der Waals surface area contributed by atoms with Crippen LogP contribution in [0.5, 0.6) is 5.75 Å². The van der Waals surface area contributed by atoms with Crippen LogP contribution in [0, 0.1) is 20.8 Å². The van der Waals surface area contributed by atoms with E-state index in [0.29, 0.717) is 40.7 Å².